The number of nitrogens with one attached hydrogen (secondary N) is 2. The van der Waals surface area contributed by atoms with Gasteiger partial charge in [0.25, 0.3) is 5.91 Å². The highest BCUT2D eigenvalue weighted by Gasteiger charge is 2.23. The second-order valence-electron chi connectivity index (χ2n) is 5.09. The maximum Gasteiger partial charge on any atom is 0.326 e. The summed E-state index contributed by atoms with van der Waals surface area (Å²) < 4.78 is 12.9. The van der Waals surface area contributed by atoms with E-state index < -0.39 is 42.0 Å². The summed E-state index contributed by atoms with van der Waals surface area (Å²) >= 11 is 0. The van der Waals surface area contributed by atoms with Gasteiger partial charge in [-0.05, 0) is 30.2 Å². The summed E-state index contributed by atoms with van der Waals surface area (Å²) in [6.07, 6.45) is 0.473. The van der Waals surface area contributed by atoms with E-state index >= 15 is 0 Å². The van der Waals surface area contributed by atoms with Gasteiger partial charge in [-0.1, -0.05) is 12.1 Å². The van der Waals surface area contributed by atoms with Crippen molar-refractivity contribution in [2.45, 2.75) is 25.8 Å². The Labute approximate surface area is 142 Å². The van der Waals surface area contributed by atoms with E-state index in [-0.39, 0.29) is 12.1 Å². The Morgan fingerprint density at radius 3 is 2.24 bits per heavy atom. The Balaban J connectivity index is 2.98. The van der Waals surface area contributed by atoms with Gasteiger partial charge in [-0.2, -0.15) is 0 Å². The van der Waals surface area contributed by atoms with Crippen molar-refractivity contribution in [2.24, 2.45) is 0 Å². The van der Waals surface area contributed by atoms with E-state index in [1.165, 1.54) is 18.2 Å². The summed E-state index contributed by atoms with van der Waals surface area (Å²) in [5.74, 6) is -4.57. The highest BCUT2D eigenvalue weighted by atomic mass is 19.1. The Kier molecular flexibility index (Phi) is 7.26. The van der Waals surface area contributed by atoms with E-state index in [1.54, 1.807) is 0 Å². The lowest BCUT2D eigenvalue weighted by atomic mass is 10.1. The minimum absolute atomic E-state index is 0.249. The minimum atomic E-state index is -1.44. The Bertz CT molecular complexity index is 699. The third-order valence-corrected chi connectivity index (χ3v) is 2.99. The van der Waals surface area contributed by atoms with Gasteiger partial charge in [0.15, 0.2) is 0 Å². The van der Waals surface area contributed by atoms with Crippen LogP contribution in [-0.4, -0.2) is 40.0 Å². The molecule has 0 aliphatic heterocycles. The predicted octanol–water partition coefficient (Wildman–Crippen LogP) is 0.737. The Morgan fingerprint density at radius 1 is 1.16 bits per heavy atom. The zero-order chi connectivity index (χ0) is 19.0. The van der Waals surface area contributed by atoms with E-state index in [2.05, 4.69) is 10.6 Å². The van der Waals surface area contributed by atoms with Crippen molar-refractivity contribution < 1.29 is 33.8 Å². The van der Waals surface area contributed by atoms with Crippen molar-refractivity contribution in [1.82, 2.24) is 10.6 Å². The van der Waals surface area contributed by atoms with Crippen molar-refractivity contribution >= 4 is 29.8 Å². The highest BCUT2D eigenvalue weighted by Crippen LogP contribution is 2.08. The van der Waals surface area contributed by atoms with Gasteiger partial charge in [0, 0.05) is 13.3 Å². The topological polar surface area (TPSA) is 133 Å². The molecule has 1 aromatic rings. The molecule has 0 spiro atoms. The maximum atomic E-state index is 12.9. The second-order valence-corrected chi connectivity index (χ2v) is 5.09. The monoisotopic (exact) mass is 352 g/mol. The molecule has 134 valence electrons. The second kappa shape index (κ2) is 9.16. The number of carbonyl (C=O) groups is 4. The molecule has 0 aromatic heterocycles. The summed E-state index contributed by atoms with van der Waals surface area (Å²) in [6, 6.07) is 3.60. The number of hydrogen-bond acceptors (Lipinski definition) is 4. The van der Waals surface area contributed by atoms with Crippen LogP contribution in [0, 0.1) is 5.82 Å². The molecule has 1 aromatic carbocycles. The first-order valence-electron chi connectivity index (χ1n) is 7.19. The molecule has 9 heteroatoms. The van der Waals surface area contributed by atoms with Gasteiger partial charge >= 0.3 is 11.9 Å². The lowest BCUT2D eigenvalue weighted by Gasteiger charge is -2.15. The number of rotatable bonds is 8. The fourth-order valence-electron chi connectivity index (χ4n) is 1.83. The van der Waals surface area contributed by atoms with Crippen LogP contribution in [0.3, 0.4) is 0 Å². The van der Waals surface area contributed by atoms with Gasteiger partial charge in [-0.15, -0.1) is 0 Å². The van der Waals surface area contributed by atoms with Gasteiger partial charge in [0.1, 0.15) is 17.6 Å². The SMILES string of the molecule is CC(=O)N/C(=C/c1ccc(F)cc1)C(=O)N[C@@H](CCC(=O)O)C(=O)O. The molecule has 25 heavy (non-hydrogen) atoms. The fourth-order valence-corrected chi connectivity index (χ4v) is 1.83. The highest BCUT2D eigenvalue weighted by molar-refractivity contribution is 6.02. The number of hydrogen-bond donors (Lipinski definition) is 4. The largest absolute Gasteiger partial charge is 0.481 e. The average molecular weight is 352 g/mol. The molecular formula is C16H17FN2O6. The molecule has 0 aliphatic rings. The molecule has 0 radical (unpaired) electrons. The fraction of sp³-hybridized carbons (Fsp3) is 0.250. The molecule has 2 amide bonds. The van der Waals surface area contributed by atoms with Crippen molar-refractivity contribution in [2.75, 3.05) is 0 Å². The zero-order valence-corrected chi connectivity index (χ0v) is 13.3. The van der Waals surface area contributed by atoms with Gasteiger partial charge in [-0.3, -0.25) is 14.4 Å². The van der Waals surface area contributed by atoms with E-state index in [9.17, 15) is 23.6 Å². The first-order chi connectivity index (χ1) is 11.7. The Hall–Kier alpha value is -3.23. The van der Waals surface area contributed by atoms with Gasteiger partial charge in [0.2, 0.25) is 5.91 Å². The zero-order valence-electron chi connectivity index (χ0n) is 13.3. The quantitative estimate of drug-likeness (QED) is 0.510. The molecule has 0 heterocycles. The molecule has 0 fully saturated rings. The molecule has 4 N–H and O–H groups in total. The number of amides is 2. The van der Waals surface area contributed by atoms with Crippen LogP contribution in [0.4, 0.5) is 4.39 Å². The van der Waals surface area contributed by atoms with E-state index in [1.807, 2.05) is 0 Å². The molecule has 1 atom stereocenters. The lowest BCUT2D eigenvalue weighted by molar-refractivity contribution is -0.142. The van der Waals surface area contributed by atoms with Crippen LogP contribution < -0.4 is 10.6 Å². The molecule has 0 saturated heterocycles. The number of halogens is 1. The summed E-state index contributed by atoms with van der Waals surface area (Å²) in [5.41, 5.74) is 0.151. The van der Waals surface area contributed by atoms with Crippen LogP contribution in [-0.2, 0) is 19.2 Å². The molecular weight excluding hydrogens is 335 g/mol. The van der Waals surface area contributed by atoms with Gasteiger partial charge in [0.05, 0.1) is 0 Å². The number of carboxylic acids is 2. The van der Waals surface area contributed by atoms with Gasteiger partial charge in [-0.25, -0.2) is 9.18 Å². The van der Waals surface area contributed by atoms with E-state index in [4.69, 9.17) is 10.2 Å². The molecule has 0 bridgehead atoms. The van der Waals surface area contributed by atoms with Crippen LogP contribution in [0.2, 0.25) is 0 Å². The number of aliphatic carboxylic acids is 2. The third-order valence-electron chi connectivity index (χ3n) is 2.99. The van der Waals surface area contributed by atoms with Crippen LogP contribution in [0.15, 0.2) is 30.0 Å². The number of carboxylic acid groups (broad SMARTS) is 2. The summed E-state index contributed by atoms with van der Waals surface area (Å²) in [6.45, 7) is 1.16. The van der Waals surface area contributed by atoms with Gasteiger partial charge < -0.3 is 20.8 Å². The normalized spacial score (nSPS) is 12.2. The van der Waals surface area contributed by atoms with Crippen molar-refractivity contribution in [3.8, 4) is 0 Å². The molecule has 8 nitrogen and oxygen atoms in total. The van der Waals surface area contributed by atoms with Crippen molar-refractivity contribution in [1.29, 1.82) is 0 Å². The number of benzene rings is 1. The maximum absolute atomic E-state index is 12.9. The standard InChI is InChI=1S/C16H17FN2O6/c1-9(20)18-13(8-10-2-4-11(17)5-3-10)15(23)19-12(16(24)25)6-7-14(21)22/h2-5,8,12H,6-7H2,1H3,(H,18,20)(H,19,23)(H,21,22)(H,24,25)/b13-8+/t12-/m0/s1. The summed E-state index contributed by atoms with van der Waals surface area (Å²) in [5, 5.41) is 22.1. The van der Waals surface area contributed by atoms with Crippen LogP contribution in [0.25, 0.3) is 6.08 Å². The van der Waals surface area contributed by atoms with Crippen LogP contribution in [0.5, 0.6) is 0 Å². The first-order valence-corrected chi connectivity index (χ1v) is 7.19. The molecule has 0 unspecified atom stereocenters. The summed E-state index contributed by atoms with van der Waals surface area (Å²) in [4.78, 5) is 45.2. The van der Waals surface area contributed by atoms with E-state index in [0.717, 1.165) is 19.1 Å². The molecule has 0 saturated carbocycles. The predicted molar refractivity (Wildman–Crippen MR) is 84.6 cm³/mol. The minimum Gasteiger partial charge on any atom is -0.481 e. The Morgan fingerprint density at radius 2 is 1.76 bits per heavy atom. The van der Waals surface area contributed by atoms with Crippen molar-refractivity contribution in [3.63, 3.8) is 0 Å². The lowest BCUT2D eigenvalue weighted by Crippen LogP contribution is -2.44. The molecule has 0 aliphatic carbocycles. The number of carbonyl (C=O) groups excluding carboxylic acids is 2. The summed E-state index contributed by atoms with van der Waals surface area (Å²) in [7, 11) is 0. The smallest absolute Gasteiger partial charge is 0.326 e. The van der Waals surface area contributed by atoms with Crippen LogP contribution in [0.1, 0.15) is 25.3 Å². The van der Waals surface area contributed by atoms with Crippen molar-refractivity contribution in [3.05, 3.63) is 41.3 Å². The van der Waals surface area contributed by atoms with Crippen LogP contribution >= 0.6 is 0 Å². The average Bonchev–Trinajstić information content (AvgIpc) is 2.51. The first kappa shape index (κ1) is 19.8. The molecule has 1 rings (SSSR count). The van der Waals surface area contributed by atoms with E-state index in [0.29, 0.717) is 5.56 Å². The third kappa shape index (κ3) is 7.25.